The van der Waals surface area contributed by atoms with E-state index in [0.29, 0.717) is 56.9 Å². The number of cyclic esters (lactones) is 1. The van der Waals surface area contributed by atoms with Crippen molar-refractivity contribution in [3.8, 4) is 0 Å². The summed E-state index contributed by atoms with van der Waals surface area (Å²) in [7, 11) is 4.33. The number of fused-ring (bicyclic) bond motifs is 3. The zero-order valence-corrected chi connectivity index (χ0v) is 42.0. The number of rotatable bonds is 9. The molecule has 0 aromatic carbocycles. The van der Waals surface area contributed by atoms with E-state index < -0.39 is 109 Å². The number of carbonyl (C=O) groups is 5. The Labute approximate surface area is 410 Å². The minimum atomic E-state index is -3.27. The number of Topliss-reactive ketones (excluding diaryl/α,β-unsaturated/α-hetero) is 3. The minimum Gasteiger partial charge on any atom is -0.460 e. The highest BCUT2D eigenvalue weighted by Gasteiger charge is 2.53. The lowest BCUT2D eigenvalue weighted by molar-refractivity contribution is -0.265. The SMILES string of the molecule is [2H]C([2H])(O)C([2H])([2H])O[C@@H]1CC[C@@H](C[C@@H](C)[C@@H]2CC(=O)[C@H](C)/C=C(/C)[C@@H](O)[C@@H](OC)C(=O)[C@H](C)C[C@H](C)/C=C\C=CC=C(C)[C@@H](OC)C[C@@H]3CC[C@@H](C)[C@@](O)(O3)C(=O)C(=O)N3CCCC[C@H]3C(=O)O2)C[C@H]1OC. The van der Waals surface area contributed by atoms with Crippen molar-refractivity contribution in [3.63, 3.8) is 0 Å². The summed E-state index contributed by atoms with van der Waals surface area (Å²) in [5.74, 6) is -8.91. The van der Waals surface area contributed by atoms with Crippen LogP contribution in [0.3, 0.4) is 0 Å². The number of hydrogen-bond acceptors (Lipinski definition) is 14. The van der Waals surface area contributed by atoms with Crippen LogP contribution in [0.15, 0.2) is 47.6 Å². The van der Waals surface area contributed by atoms with Gasteiger partial charge in [-0.25, -0.2) is 4.79 Å². The third-order valence-corrected chi connectivity index (χ3v) is 14.7. The lowest BCUT2D eigenvalue weighted by Crippen LogP contribution is -2.61. The van der Waals surface area contributed by atoms with E-state index in [1.54, 1.807) is 40.9 Å². The Morgan fingerprint density at radius 2 is 1.62 bits per heavy atom. The first-order valence-electron chi connectivity index (χ1n) is 26.6. The molecule has 0 unspecified atom stereocenters. The molecule has 0 spiro atoms. The molecular weight excluding hydrogens is 875 g/mol. The number of piperidine rings is 1. The van der Waals surface area contributed by atoms with Crippen molar-refractivity contribution in [1.82, 2.24) is 4.90 Å². The molecule has 4 rings (SSSR count). The van der Waals surface area contributed by atoms with Crippen LogP contribution in [0.4, 0.5) is 0 Å². The van der Waals surface area contributed by atoms with Crippen molar-refractivity contribution in [3.05, 3.63) is 47.6 Å². The number of carbonyl (C=O) groups excluding carboxylic acids is 5. The molecule has 2 bridgehead atoms. The van der Waals surface area contributed by atoms with E-state index in [2.05, 4.69) is 0 Å². The minimum absolute atomic E-state index is 0.0148. The first-order valence-corrected chi connectivity index (χ1v) is 24.6. The molecule has 15 nitrogen and oxygen atoms in total. The number of methoxy groups -OCH3 is 3. The molecule has 3 heterocycles. The zero-order valence-electron chi connectivity index (χ0n) is 46.0. The van der Waals surface area contributed by atoms with Gasteiger partial charge in [-0.15, -0.1) is 0 Å². The standard InChI is InChI=1S/C53H83NO14/c1-32-16-12-11-13-17-33(2)44(63-8)30-40-21-19-38(7)53(62,68-40)50(59)51(60)54-23-15-14-18-41(54)52(61)67-45(35(4)28-39-20-22-43(66-25-24-55)46(29-39)64-9)31-42(56)34(3)27-37(6)48(58)49(65-10)47(57)36(5)26-32/h11-13,16-17,27,32,34-36,38-41,43-46,48-49,55,58,62H,14-15,18-26,28-31H2,1-10H3/b13-11?,16-12-,33-17?,37-27-/t32-,34-,35-,36-,38-,39+,40+,41+,43-,44+,45+,46-,48-,49+,53-/m1/s1/i24D2,25D2. The molecule has 3 aliphatic heterocycles. The number of esters is 1. The fourth-order valence-corrected chi connectivity index (χ4v) is 10.3. The first kappa shape index (κ1) is 51.0. The number of ether oxygens (including phenoxy) is 6. The summed E-state index contributed by atoms with van der Waals surface area (Å²) in [4.78, 5) is 72.3. The van der Waals surface area contributed by atoms with Crippen LogP contribution in [-0.4, -0.2) is 145 Å². The molecule has 384 valence electrons. The molecule has 68 heavy (non-hydrogen) atoms. The maximum atomic E-state index is 14.5. The molecular formula is C53H83NO14. The molecule has 0 aromatic heterocycles. The highest BCUT2D eigenvalue weighted by molar-refractivity contribution is 6.39. The van der Waals surface area contributed by atoms with Crippen molar-refractivity contribution in [2.45, 2.75) is 180 Å². The highest BCUT2D eigenvalue weighted by Crippen LogP contribution is 2.38. The van der Waals surface area contributed by atoms with Crippen LogP contribution in [0.1, 0.15) is 131 Å². The molecule has 1 saturated carbocycles. The largest absolute Gasteiger partial charge is 0.460 e. The summed E-state index contributed by atoms with van der Waals surface area (Å²) in [6.45, 7) is 6.12. The van der Waals surface area contributed by atoms with Gasteiger partial charge in [0, 0.05) is 58.5 Å². The van der Waals surface area contributed by atoms with Gasteiger partial charge in [-0.3, -0.25) is 19.2 Å². The van der Waals surface area contributed by atoms with Crippen LogP contribution in [0, 0.1) is 35.5 Å². The van der Waals surface area contributed by atoms with Crippen LogP contribution in [0.5, 0.6) is 0 Å². The van der Waals surface area contributed by atoms with Gasteiger partial charge in [-0.2, -0.15) is 0 Å². The van der Waals surface area contributed by atoms with Gasteiger partial charge in [-0.1, -0.05) is 71.1 Å². The molecule has 1 amide bonds. The summed E-state index contributed by atoms with van der Waals surface area (Å²) in [6, 6.07) is -1.22. The molecule has 2 saturated heterocycles. The zero-order chi connectivity index (χ0) is 53.9. The maximum absolute atomic E-state index is 14.5. The average Bonchev–Trinajstić information content (AvgIpc) is 3.32. The molecule has 0 radical (unpaired) electrons. The van der Waals surface area contributed by atoms with Gasteiger partial charge in [0.25, 0.3) is 11.7 Å². The number of ketones is 3. The van der Waals surface area contributed by atoms with Crippen LogP contribution in [0.25, 0.3) is 0 Å². The second kappa shape index (κ2) is 27.3. The van der Waals surface area contributed by atoms with Gasteiger partial charge < -0.3 is 48.6 Å². The fourth-order valence-electron chi connectivity index (χ4n) is 10.3. The second-order valence-electron chi connectivity index (χ2n) is 19.9. The Kier molecular flexibility index (Phi) is 20.4. The highest BCUT2D eigenvalue weighted by atomic mass is 16.6. The van der Waals surface area contributed by atoms with Crippen LogP contribution < -0.4 is 0 Å². The second-order valence-corrected chi connectivity index (χ2v) is 19.9. The van der Waals surface area contributed by atoms with E-state index in [-0.39, 0.29) is 55.6 Å². The number of aliphatic hydroxyl groups is 3. The average molecular weight is 962 g/mol. The normalized spacial score (nSPS) is 39.2. The third kappa shape index (κ3) is 15.3. The Balaban J connectivity index is 1.70. The molecule has 15 atom stereocenters. The summed E-state index contributed by atoms with van der Waals surface area (Å²) in [6.07, 6.45) is 8.68. The predicted molar refractivity (Wildman–Crippen MR) is 256 cm³/mol. The Bertz CT molecular complexity index is 1990. The van der Waals surface area contributed by atoms with Gasteiger partial charge >= 0.3 is 5.97 Å². The smallest absolute Gasteiger partial charge is 0.329 e. The molecule has 15 heteroatoms. The summed E-state index contributed by atoms with van der Waals surface area (Å²) in [5.41, 5.74) is 1.19. The molecule has 3 N–H and O–H groups in total. The number of allylic oxidation sites excluding steroid dienone is 6. The van der Waals surface area contributed by atoms with E-state index in [9.17, 15) is 39.3 Å². The Morgan fingerprint density at radius 3 is 2.29 bits per heavy atom. The van der Waals surface area contributed by atoms with Gasteiger partial charge in [0.1, 0.15) is 30.1 Å². The van der Waals surface area contributed by atoms with Crippen LogP contribution in [-0.2, 0) is 52.4 Å². The van der Waals surface area contributed by atoms with Crippen LogP contribution in [0.2, 0.25) is 0 Å². The lowest BCUT2D eigenvalue weighted by Gasteiger charge is -2.42. The van der Waals surface area contributed by atoms with Crippen molar-refractivity contribution >= 4 is 29.2 Å². The van der Waals surface area contributed by atoms with Gasteiger partial charge in [0.2, 0.25) is 5.79 Å². The van der Waals surface area contributed by atoms with E-state index in [1.165, 1.54) is 14.2 Å². The number of hydrogen-bond donors (Lipinski definition) is 3. The van der Waals surface area contributed by atoms with E-state index in [0.717, 1.165) is 10.5 Å². The topological polar surface area (TPSA) is 205 Å². The third-order valence-electron chi connectivity index (χ3n) is 14.7. The fraction of sp³-hybridized carbons (Fsp3) is 0.755. The quantitative estimate of drug-likeness (QED) is 0.134. The number of amides is 1. The summed E-state index contributed by atoms with van der Waals surface area (Å²) < 4.78 is 65.9. The van der Waals surface area contributed by atoms with Gasteiger partial charge in [0.05, 0.1) is 43.0 Å². The molecule has 0 aromatic rings. The molecule has 1 aliphatic carbocycles. The van der Waals surface area contributed by atoms with Crippen LogP contribution >= 0.6 is 0 Å². The van der Waals surface area contributed by atoms with Gasteiger partial charge in [-0.05, 0) is 107 Å². The molecule has 4 aliphatic rings. The Hall–Kier alpha value is -3.41. The monoisotopic (exact) mass is 962 g/mol. The molecule has 3 fully saturated rings. The summed E-state index contributed by atoms with van der Waals surface area (Å²) >= 11 is 0. The van der Waals surface area contributed by atoms with Crippen molar-refractivity contribution < 1.29 is 73.2 Å². The van der Waals surface area contributed by atoms with Gasteiger partial charge in [0.15, 0.2) is 5.78 Å². The van der Waals surface area contributed by atoms with Crippen molar-refractivity contribution in [2.24, 2.45) is 35.5 Å². The predicted octanol–water partition coefficient (Wildman–Crippen LogP) is 6.20. The van der Waals surface area contributed by atoms with E-state index >= 15 is 0 Å². The van der Waals surface area contributed by atoms with Crippen molar-refractivity contribution in [1.29, 1.82) is 0 Å². The summed E-state index contributed by atoms with van der Waals surface area (Å²) in [5, 5.41) is 33.3. The van der Waals surface area contributed by atoms with Crippen molar-refractivity contribution in [2.75, 3.05) is 41.0 Å². The first-order chi connectivity index (χ1) is 33.7. The number of nitrogens with zero attached hydrogens (tertiary/aromatic N) is 1. The maximum Gasteiger partial charge on any atom is 0.329 e. The van der Waals surface area contributed by atoms with E-state index in [1.807, 2.05) is 51.2 Å². The van der Waals surface area contributed by atoms with E-state index in [4.69, 9.17) is 33.9 Å². The number of aliphatic hydroxyl groups excluding tert-OH is 1. The lowest BCUT2D eigenvalue weighted by atomic mass is 9.78. The Morgan fingerprint density at radius 1 is 0.882 bits per heavy atom.